The molecule has 4 rings (SSSR count). The summed E-state index contributed by atoms with van der Waals surface area (Å²) in [5.74, 6) is 0.773. The zero-order valence-electron chi connectivity index (χ0n) is 18.0. The molecular weight excluding hydrogens is 408 g/mol. The van der Waals surface area contributed by atoms with E-state index in [-0.39, 0.29) is 5.91 Å². The van der Waals surface area contributed by atoms with Gasteiger partial charge in [0.1, 0.15) is 11.3 Å². The molecule has 7 heteroatoms. The number of ether oxygens (including phenoxy) is 1. The Morgan fingerprint density at radius 1 is 1.19 bits per heavy atom. The molecule has 2 aromatic heterocycles. The highest BCUT2D eigenvalue weighted by Crippen LogP contribution is 2.34. The smallest absolute Gasteiger partial charge is 0.233 e. The number of carbonyl (C=O) groups is 1. The number of rotatable bonds is 8. The molecule has 2 aromatic carbocycles. The zero-order valence-corrected chi connectivity index (χ0v) is 18.9. The van der Waals surface area contributed by atoms with Gasteiger partial charge in [0.05, 0.1) is 24.3 Å². The first-order valence-electron chi connectivity index (χ1n) is 10.4. The fourth-order valence-electron chi connectivity index (χ4n) is 3.51. The number of hydrogen-bond donors (Lipinski definition) is 0. The number of fused-ring (bicyclic) bond motifs is 1. The lowest BCUT2D eigenvalue weighted by molar-refractivity contribution is -0.118. The van der Waals surface area contributed by atoms with Crippen molar-refractivity contribution in [2.45, 2.75) is 33.7 Å². The van der Waals surface area contributed by atoms with Crippen LogP contribution in [0.3, 0.4) is 0 Å². The lowest BCUT2D eigenvalue weighted by Crippen LogP contribution is -2.35. The molecule has 0 aliphatic carbocycles. The van der Waals surface area contributed by atoms with Crippen molar-refractivity contribution in [2.24, 2.45) is 0 Å². The second-order valence-corrected chi connectivity index (χ2v) is 8.46. The van der Waals surface area contributed by atoms with Gasteiger partial charge in [-0.3, -0.25) is 14.4 Å². The van der Waals surface area contributed by atoms with Gasteiger partial charge in [-0.1, -0.05) is 41.2 Å². The van der Waals surface area contributed by atoms with E-state index in [1.807, 2.05) is 55.9 Å². The highest BCUT2D eigenvalue weighted by molar-refractivity contribution is 7.22. The molecule has 0 saturated heterocycles. The van der Waals surface area contributed by atoms with E-state index in [2.05, 4.69) is 23.3 Å². The Labute approximate surface area is 186 Å². The molecule has 0 fully saturated rings. The van der Waals surface area contributed by atoms with Crippen molar-refractivity contribution in [2.75, 3.05) is 18.1 Å². The van der Waals surface area contributed by atoms with Crippen LogP contribution >= 0.6 is 11.3 Å². The van der Waals surface area contributed by atoms with Crippen molar-refractivity contribution < 1.29 is 9.53 Å². The monoisotopic (exact) mass is 434 g/mol. The van der Waals surface area contributed by atoms with Crippen LogP contribution in [-0.4, -0.2) is 33.8 Å². The molecule has 0 N–H and O–H groups in total. The quantitative estimate of drug-likeness (QED) is 0.400. The second-order valence-electron chi connectivity index (χ2n) is 7.45. The standard InChI is InChI=1S/C24H26N4O2S/c1-4-30-20-7-5-8-21-23(20)26-24(31-21)28(14-13-27-12-6-11-25-27)22(29)16-19-15-17(2)9-10-18(19)3/h5-12,15H,4,13-14,16H2,1-3H3. The van der Waals surface area contributed by atoms with Gasteiger partial charge in [-0.25, -0.2) is 4.98 Å². The summed E-state index contributed by atoms with van der Waals surface area (Å²) in [6, 6.07) is 14.0. The largest absolute Gasteiger partial charge is 0.492 e. The van der Waals surface area contributed by atoms with Gasteiger partial charge in [0.25, 0.3) is 0 Å². The maximum atomic E-state index is 13.5. The summed E-state index contributed by atoms with van der Waals surface area (Å²) in [4.78, 5) is 20.0. The fourth-order valence-corrected chi connectivity index (χ4v) is 4.54. The third-order valence-corrected chi connectivity index (χ3v) is 6.20. The van der Waals surface area contributed by atoms with Gasteiger partial charge in [0.15, 0.2) is 5.13 Å². The van der Waals surface area contributed by atoms with Gasteiger partial charge < -0.3 is 4.74 Å². The molecule has 160 valence electrons. The number of nitrogens with zero attached hydrogens (tertiary/aromatic N) is 4. The molecule has 31 heavy (non-hydrogen) atoms. The molecule has 0 atom stereocenters. The van der Waals surface area contributed by atoms with E-state index in [9.17, 15) is 4.79 Å². The molecule has 0 aliphatic heterocycles. The minimum absolute atomic E-state index is 0.0258. The minimum Gasteiger partial charge on any atom is -0.492 e. The summed E-state index contributed by atoms with van der Waals surface area (Å²) in [6.45, 7) is 7.71. The van der Waals surface area contributed by atoms with Gasteiger partial charge in [-0.05, 0) is 50.1 Å². The van der Waals surface area contributed by atoms with Crippen LogP contribution in [0, 0.1) is 13.8 Å². The van der Waals surface area contributed by atoms with Gasteiger partial charge in [-0.2, -0.15) is 5.10 Å². The van der Waals surface area contributed by atoms with Gasteiger partial charge in [0, 0.05) is 18.9 Å². The molecule has 0 aliphatic rings. The number of hydrogen-bond acceptors (Lipinski definition) is 5. The predicted molar refractivity (Wildman–Crippen MR) is 125 cm³/mol. The first kappa shape index (κ1) is 21.1. The maximum Gasteiger partial charge on any atom is 0.233 e. The lowest BCUT2D eigenvalue weighted by Gasteiger charge is -2.20. The Morgan fingerprint density at radius 3 is 2.84 bits per heavy atom. The number of thiazole rings is 1. The summed E-state index contributed by atoms with van der Waals surface area (Å²) in [6.07, 6.45) is 3.98. The summed E-state index contributed by atoms with van der Waals surface area (Å²) in [7, 11) is 0. The Kier molecular flexibility index (Phi) is 6.32. The van der Waals surface area contributed by atoms with Gasteiger partial charge in [0.2, 0.25) is 5.91 Å². The van der Waals surface area contributed by atoms with E-state index < -0.39 is 0 Å². The number of amides is 1. The number of benzene rings is 2. The normalized spacial score (nSPS) is 11.1. The highest BCUT2D eigenvalue weighted by Gasteiger charge is 2.22. The van der Waals surface area contributed by atoms with Crippen molar-refractivity contribution in [3.8, 4) is 5.75 Å². The van der Waals surface area contributed by atoms with Gasteiger partial charge >= 0.3 is 0 Å². The molecule has 2 heterocycles. The van der Waals surface area contributed by atoms with Crippen LogP contribution in [0.1, 0.15) is 23.6 Å². The number of anilines is 1. The average molecular weight is 435 g/mol. The van der Waals surface area contributed by atoms with E-state index in [4.69, 9.17) is 9.72 Å². The molecular formula is C24H26N4O2S. The number of para-hydroxylation sites is 1. The average Bonchev–Trinajstić information content (AvgIpc) is 3.41. The molecule has 6 nitrogen and oxygen atoms in total. The Balaban J connectivity index is 1.66. The molecule has 4 aromatic rings. The van der Waals surface area contributed by atoms with Crippen molar-refractivity contribution in [3.63, 3.8) is 0 Å². The third-order valence-electron chi connectivity index (χ3n) is 5.16. The Bertz CT molecular complexity index is 1180. The number of aryl methyl sites for hydroxylation is 2. The zero-order chi connectivity index (χ0) is 21.8. The van der Waals surface area contributed by atoms with E-state index in [1.54, 1.807) is 11.1 Å². The summed E-state index contributed by atoms with van der Waals surface area (Å²) >= 11 is 1.51. The van der Waals surface area contributed by atoms with E-state index in [0.717, 1.165) is 32.7 Å². The van der Waals surface area contributed by atoms with E-state index in [0.29, 0.717) is 31.2 Å². The third kappa shape index (κ3) is 4.77. The maximum absolute atomic E-state index is 13.5. The first-order chi connectivity index (χ1) is 15.0. The van der Waals surface area contributed by atoms with E-state index >= 15 is 0 Å². The van der Waals surface area contributed by atoms with Crippen LogP contribution in [0.15, 0.2) is 54.9 Å². The number of aromatic nitrogens is 3. The molecule has 0 radical (unpaired) electrons. The van der Waals surface area contributed by atoms with Gasteiger partial charge in [-0.15, -0.1) is 0 Å². The van der Waals surface area contributed by atoms with Crippen LogP contribution in [0.5, 0.6) is 5.75 Å². The molecule has 0 bridgehead atoms. The topological polar surface area (TPSA) is 60.2 Å². The SMILES string of the molecule is CCOc1cccc2sc(N(CCn3cccn3)C(=O)Cc3cc(C)ccc3C)nc12. The Morgan fingerprint density at radius 2 is 2.06 bits per heavy atom. The lowest BCUT2D eigenvalue weighted by atomic mass is 10.0. The van der Waals surface area contributed by atoms with Crippen LogP contribution in [0.25, 0.3) is 10.2 Å². The van der Waals surface area contributed by atoms with Crippen LogP contribution in [0.2, 0.25) is 0 Å². The highest BCUT2D eigenvalue weighted by atomic mass is 32.1. The predicted octanol–water partition coefficient (Wildman–Crippen LogP) is 4.78. The van der Waals surface area contributed by atoms with Crippen molar-refractivity contribution in [3.05, 3.63) is 71.5 Å². The summed E-state index contributed by atoms with van der Waals surface area (Å²) in [5, 5.41) is 4.96. The van der Waals surface area contributed by atoms with Crippen molar-refractivity contribution >= 4 is 32.6 Å². The van der Waals surface area contributed by atoms with Crippen LogP contribution in [0.4, 0.5) is 5.13 Å². The molecule has 0 saturated carbocycles. The first-order valence-corrected chi connectivity index (χ1v) is 11.2. The molecule has 0 spiro atoms. The molecule has 0 unspecified atom stereocenters. The van der Waals surface area contributed by atoms with Crippen LogP contribution in [-0.2, 0) is 17.8 Å². The Hall–Kier alpha value is -3.19. The van der Waals surface area contributed by atoms with Crippen molar-refractivity contribution in [1.82, 2.24) is 14.8 Å². The number of carbonyl (C=O) groups excluding carboxylic acids is 1. The fraction of sp³-hybridized carbons (Fsp3) is 0.292. The minimum atomic E-state index is 0.0258. The van der Waals surface area contributed by atoms with Crippen molar-refractivity contribution in [1.29, 1.82) is 0 Å². The van der Waals surface area contributed by atoms with Crippen LogP contribution < -0.4 is 9.64 Å². The second kappa shape index (κ2) is 9.31. The summed E-state index contributed by atoms with van der Waals surface area (Å²) < 4.78 is 8.58. The molecule has 1 amide bonds. The summed E-state index contributed by atoms with van der Waals surface area (Å²) in [5.41, 5.74) is 4.12. The van der Waals surface area contributed by atoms with E-state index in [1.165, 1.54) is 11.3 Å².